The van der Waals surface area contributed by atoms with Crippen LogP contribution in [0, 0.1) is 6.92 Å². The van der Waals surface area contributed by atoms with Crippen molar-refractivity contribution >= 4 is 33.2 Å². The van der Waals surface area contributed by atoms with Gasteiger partial charge in [-0.25, -0.2) is 8.42 Å². The van der Waals surface area contributed by atoms with E-state index >= 15 is 0 Å². The molecule has 0 saturated heterocycles. The molecule has 2 N–H and O–H groups in total. The van der Waals surface area contributed by atoms with Gasteiger partial charge in [0, 0.05) is 10.7 Å². The third kappa shape index (κ3) is 5.67. The summed E-state index contributed by atoms with van der Waals surface area (Å²) in [5.74, 6) is 0.247. The number of nitrogens with one attached hydrogen (secondary N) is 2. The summed E-state index contributed by atoms with van der Waals surface area (Å²) in [6, 6.07) is 19.1. The van der Waals surface area contributed by atoms with Crippen molar-refractivity contribution < 1.29 is 17.9 Å². The lowest BCUT2D eigenvalue weighted by Crippen LogP contribution is -2.34. The number of hydrogen-bond donors (Lipinski definition) is 2. The van der Waals surface area contributed by atoms with E-state index in [4.69, 9.17) is 16.3 Å². The van der Waals surface area contributed by atoms with Crippen LogP contribution in [-0.4, -0.2) is 20.9 Å². The molecule has 0 heterocycles. The number of benzene rings is 3. The Morgan fingerprint density at radius 1 is 1.09 bits per heavy atom. The van der Waals surface area contributed by atoms with E-state index in [2.05, 4.69) is 22.2 Å². The molecule has 33 heavy (non-hydrogen) atoms. The maximum Gasteiger partial charge on any atom is 0.261 e. The van der Waals surface area contributed by atoms with Crippen LogP contribution >= 0.6 is 11.6 Å². The summed E-state index contributed by atoms with van der Waals surface area (Å²) in [7, 11) is -3.77. The second-order valence-corrected chi connectivity index (χ2v) is 10.2. The first-order chi connectivity index (χ1) is 15.8. The molecule has 6 nitrogen and oxygen atoms in total. The number of hydrogen-bond acceptors (Lipinski definition) is 4. The highest BCUT2D eigenvalue weighted by atomic mass is 35.5. The van der Waals surface area contributed by atoms with E-state index in [0.717, 1.165) is 24.8 Å². The summed E-state index contributed by atoms with van der Waals surface area (Å²) < 4.78 is 33.6. The van der Waals surface area contributed by atoms with E-state index in [1.54, 1.807) is 37.3 Å². The van der Waals surface area contributed by atoms with Crippen molar-refractivity contribution in [2.24, 2.45) is 0 Å². The highest BCUT2D eigenvalue weighted by Gasteiger charge is 2.22. The molecule has 0 spiro atoms. The van der Waals surface area contributed by atoms with Gasteiger partial charge in [-0.2, -0.15) is 0 Å². The minimum atomic E-state index is -3.77. The lowest BCUT2D eigenvalue weighted by molar-refractivity contribution is -0.124. The van der Waals surface area contributed by atoms with Crippen LogP contribution in [0.15, 0.2) is 71.6 Å². The molecule has 1 aliphatic carbocycles. The Bertz CT molecular complexity index is 1260. The van der Waals surface area contributed by atoms with Crippen LogP contribution in [0.4, 0.5) is 5.69 Å². The maximum atomic E-state index is 12.7. The first kappa shape index (κ1) is 23.1. The van der Waals surface area contributed by atoms with Crippen LogP contribution in [0.1, 0.15) is 35.6 Å². The fourth-order valence-corrected chi connectivity index (χ4v) is 5.24. The normalized spacial score (nSPS) is 15.4. The third-order valence-electron chi connectivity index (χ3n) is 5.62. The first-order valence-electron chi connectivity index (χ1n) is 10.7. The Morgan fingerprint density at radius 3 is 2.61 bits per heavy atom. The highest BCUT2D eigenvalue weighted by molar-refractivity contribution is 7.92. The fraction of sp³-hybridized carbons (Fsp3) is 0.240. The van der Waals surface area contributed by atoms with E-state index in [9.17, 15) is 13.2 Å². The van der Waals surface area contributed by atoms with Crippen LogP contribution in [0.3, 0.4) is 0 Å². The van der Waals surface area contributed by atoms with Gasteiger partial charge in [0.2, 0.25) is 0 Å². The molecule has 0 aliphatic heterocycles. The first-order valence-corrected chi connectivity index (χ1v) is 12.6. The summed E-state index contributed by atoms with van der Waals surface area (Å²) >= 11 is 5.85. The van der Waals surface area contributed by atoms with E-state index in [1.807, 2.05) is 12.1 Å². The molecule has 1 aliphatic rings. The number of amides is 1. The number of rotatable bonds is 7. The monoisotopic (exact) mass is 484 g/mol. The molecule has 1 atom stereocenters. The largest absolute Gasteiger partial charge is 0.484 e. The van der Waals surface area contributed by atoms with Gasteiger partial charge in [0.15, 0.2) is 6.61 Å². The molecule has 3 aromatic carbocycles. The number of carbonyl (C=O) groups is 1. The van der Waals surface area contributed by atoms with E-state index in [1.165, 1.54) is 17.7 Å². The number of carbonyl (C=O) groups excluding carboxylic acids is 1. The molecular weight excluding hydrogens is 460 g/mol. The number of anilines is 1. The Kier molecular flexibility index (Phi) is 6.91. The molecule has 0 fully saturated rings. The zero-order valence-corrected chi connectivity index (χ0v) is 19.7. The second-order valence-electron chi connectivity index (χ2n) is 8.04. The quantitative estimate of drug-likeness (QED) is 0.493. The molecule has 0 aromatic heterocycles. The molecule has 0 saturated carbocycles. The molecule has 172 valence electrons. The average molecular weight is 485 g/mol. The van der Waals surface area contributed by atoms with Crippen LogP contribution < -0.4 is 14.8 Å². The third-order valence-corrected chi connectivity index (χ3v) is 7.25. The average Bonchev–Trinajstić information content (AvgIpc) is 2.80. The van der Waals surface area contributed by atoms with Crippen LogP contribution in [0.5, 0.6) is 5.75 Å². The summed E-state index contributed by atoms with van der Waals surface area (Å²) in [4.78, 5) is 12.6. The van der Waals surface area contributed by atoms with Crippen LogP contribution in [0.25, 0.3) is 0 Å². The molecule has 0 bridgehead atoms. The van der Waals surface area contributed by atoms with Crippen molar-refractivity contribution in [1.82, 2.24) is 5.32 Å². The molecule has 0 radical (unpaired) electrons. The lowest BCUT2D eigenvalue weighted by Gasteiger charge is -2.26. The Balaban J connectivity index is 1.37. The minimum Gasteiger partial charge on any atom is -0.484 e. The predicted molar refractivity (Wildman–Crippen MR) is 129 cm³/mol. The van der Waals surface area contributed by atoms with Gasteiger partial charge in [-0.05, 0) is 85.3 Å². The number of ether oxygens (including phenoxy) is 1. The van der Waals surface area contributed by atoms with E-state index in [-0.39, 0.29) is 23.5 Å². The number of fused-ring (bicyclic) bond motifs is 1. The van der Waals surface area contributed by atoms with Crippen molar-refractivity contribution in [2.75, 3.05) is 11.3 Å². The Hall–Kier alpha value is -3.03. The summed E-state index contributed by atoms with van der Waals surface area (Å²) in [6.07, 6.45) is 2.96. The zero-order chi connectivity index (χ0) is 23.4. The fourth-order valence-electron chi connectivity index (χ4n) is 3.97. The molecule has 3 aromatic rings. The van der Waals surface area contributed by atoms with Crippen molar-refractivity contribution in [2.45, 2.75) is 37.1 Å². The van der Waals surface area contributed by atoms with Gasteiger partial charge >= 0.3 is 0 Å². The smallest absolute Gasteiger partial charge is 0.261 e. The van der Waals surface area contributed by atoms with Gasteiger partial charge in [0.1, 0.15) is 5.75 Å². The van der Waals surface area contributed by atoms with Crippen molar-refractivity contribution in [1.29, 1.82) is 0 Å². The molecular formula is C25H25ClN2O4S. The minimum absolute atomic E-state index is 0.0152. The molecule has 1 amide bonds. The molecule has 0 unspecified atom stereocenters. The predicted octanol–water partition coefficient (Wildman–Crippen LogP) is 5.02. The van der Waals surface area contributed by atoms with Crippen molar-refractivity contribution in [3.63, 3.8) is 0 Å². The molecule has 8 heteroatoms. The van der Waals surface area contributed by atoms with Gasteiger partial charge in [-0.3, -0.25) is 9.52 Å². The molecule has 4 rings (SSSR count). The standard InChI is InChI=1S/C25H25ClN2O4S/c1-17-15-21(33(30,31)28-20-11-9-19(26)10-12-20)13-14-24(17)32-16-25(29)27-23-8-4-6-18-5-2-3-7-22(18)23/h2-3,5,7,9-15,23,28H,4,6,8,16H2,1H3,(H,27,29)/t23-/m0/s1. The van der Waals surface area contributed by atoms with E-state index in [0.29, 0.717) is 22.0 Å². The van der Waals surface area contributed by atoms with Crippen molar-refractivity contribution in [3.8, 4) is 5.75 Å². The zero-order valence-electron chi connectivity index (χ0n) is 18.2. The Morgan fingerprint density at radius 2 is 1.85 bits per heavy atom. The van der Waals surface area contributed by atoms with Crippen molar-refractivity contribution in [3.05, 3.63) is 88.4 Å². The number of sulfonamides is 1. The summed E-state index contributed by atoms with van der Waals surface area (Å²) in [5.41, 5.74) is 3.47. The number of halogens is 1. The van der Waals surface area contributed by atoms with Gasteiger partial charge in [0.05, 0.1) is 10.9 Å². The topological polar surface area (TPSA) is 84.5 Å². The van der Waals surface area contributed by atoms with Gasteiger partial charge in [0.25, 0.3) is 15.9 Å². The van der Waals surface area contributed by atoms with Gasteiger partial charge in [-0.1, -0.05) is 35.9 Å². The number of aryl methyl sites for hydroxylation is 2. The lowest BCUT2D eigenvalue weighted by atomic mass is 9.88. The van der Waals surface area contributed by atoms with Crippen LogP contribution in [0.2, 0.25) is 5.02 Å². The second kappa shape index (κ2) is 9.85. The van der Waals surface area contributed by atoms with Gasteiger partial charge in [-0.15, -0.1) is 0 Å². The van der Waals surface area contributed by atoms with Crippen LogP contribution in [-0.2, 0) is 21.2 Å². The SMILES string of the molecule is Cc1cc(S(=O)(=O)Nc2ccc(Cl)cc2)ccc1OCC(=O)N[C@H]1CCCc2ccccc21. The highest BCUT2D eigenvalue weighted by Crippen LogP contribution is 2.29. The van der Waals surface area contributed by atoms with E-state index < -0.39 is 10.0 Å². The summed E-state index contributed by atoms with van der Waals surface area (Å²) in [6.45, 7) is 1.60. The maximum absolute atomic E-state index is 12.7. The van der Waals surface area contributed by atoms with Gasteiger partial charge < -0.3 is 10.1 Å². The Labute approximate surface area is 199 Å². The summed E-state index contributed by atoms with van der Waals surface area (Å²) in [5, 5.41) is 3.57.